The van der Waals surface area contributed by atoms with Crippen LogP contribution in [0.4, 0.5) is 0 Å². The topological polar surface area (TPSA) is 307 Å². The second-order valence-electron chi connectivity index (χ2n) is 20.7. The normalized spacial score (nSPS) is 30.6. The molecule has 17 atom stereocenters. The summed E-state index contributed by atoms with van der Waals surface area (Å²) in [5, 5.41) is 120. The molecule has 3 aliphatic rings. The molecule has 0 saturated carbocycles. The minimum absolute atomic E-state index is 0.204. The molecule has 0 aliphatic carbocycles. The molecule has 81 heavy (non-hydrogen) atoms. The average molecular weight is 1150 g/mol. The molecule has 3 aliphatic heterocycles. The molecule has 17 unspecified atom stereocenters. The van der Waals surface area contributed by atoms with E-state index >= 15 is 0 Å². The smallest absolute Gasteiger partial charge is 0.220 e. The van der Waals surface area contributed by atoms with Crippen molar-refractivity contribution in [1.29, 1.82) is 0 Å². The maximum atomic E-state index is 13.3. The molecule has 0 aromatic carbocycles. The summed E-state index contributed by atoms with van der Waals surface area (Å²) in [4.78, 5) is 13.3. The lowest BCUT2D eigenvalue weighted by atomic mass is 9.96. The van der Waals surface area contributed by atoms with Crippen molar-refractivity contribution in [3.63, 3.8) is 0 Å². The molecule has 3 heterocycles. The van der Waals surface area contributed by atoms with Crippen molar-refractivity contribution in [2.45, 2.75) is 247 Å². The van der Waals surface area contributed by atoms with Crippen LogP contribution in [0.2, 0.25) is 0 Å². The van der Waals surface area contributed by atoms with Crippen molar-refractivity contribution in [3.05, 3.63) is 109 Å². The van der Waals surface area contributed by atoms with E-state index in [1.807, 2.05) is 6.08 Å². The number of hydrogen-bond acceptors (Lipinski definition) is 18. The van der Waals surface area contributed by atoms with Crippen LogP contribution in [-0.2, 0) is 33.2 Å². The molecule has 3 saturated heterocycles. The number of aliphatic hydroxyl groups is 11. The summed E-state index contributed by atoms with van der Waals surface area (Å²) in [6, 6.07) is -1.01. The lowest BCUT2D eigenvalue weighted by Gasteiger charge is -2.48. The van der Waals surface area contributed by atoms with Crippen molar-refractivity contribution in [2.75, 3.05) is 26.4 Å². The molecule has 3 rings (SSSR count). The highest BCUT2D eigenvalue weighted by Gasteiger charge is 2.53. The summed E-state index contributed by atoms with van der Waals surface area (Å²) < 4.78 is 34.1. The van der Waals surface area contributed by atoms with Crippen molar-refractivity contribution in [1.82, 2.24) is 5.32 Å². The van der Waals surface area contributed by atoms with Crippen LogP contribution in [0.1, 0.15) is 142 Å². The number of carbonyl (C=O) groups is 1. The summed E-state index contributed by atoms with van der Waals surface area (Å²) in [7, 11) is 0. The van der Waals surface area contributed by atoms with E-state index in [-0.39, 0.29) is 18.9 Å². The lowest BCUT2D eigenvalue weighted by Crippen LogP contribution is -2.66. The van der Waals surface area contributed by atoms with Gasteiger partial charge in [-0.1, -0.05) is 155 Å². The van der Waals surface area contributed by atoms with Gasteiger partial charge in [0.2, 0.25) is 5.91 Å². The SMILES string of the molecule is CC/C=C\C/C=C\C/C=C\C/C=C\C/C=C\C/C=C\C/C=C\CCCCCCCC(=O)NC(COC1OC(CO)C(OC2OC(CO)C(OC3OC(CO)C(O)C(O)C3O)C(O)C2O)C(O)C1O)C(O)/C=C/CC/C=C/CCCCC. The predicted molar refractivity (Wildman–Crippen MR) is 309 cm³/mol. The molecule has 0 aromatic rings. The molecule has 12 N–H and O–H groups in total. The lowest BCUT2D eigenvalue weighted by molar-refractivity contribution is -0.379. The second-order valence-corrected chi connectivity index (χ2v) is 20.7. The van der Waals surface area contributed by atoms with Gasteiger partial charge < -0.3 is 89.9 Å². The molecule has 0 radical (unpaired) electrons. The summed E-state index contributed by atoms with van der Waals surface area (Å²) in [5.74, 6) is -0.314. The van der Waals surface area contributed by atoms with Crippen LogP contribution in [0.25, 0.3) is 0 Å². The van der Waals surface area contributed by atoms with Crippen molar-refractivity contribution in [2.24, 2.45) is 0 Å². The van der Waals surface area contributed by atoms with Gasteiger partial charge in [-0.3, -0.25) is 4.79 Å². The third-order valence-corrected chi connectivity index (χ3v) is 14.1. The molecule has 0 aromatic heterocycles. The minimum Gasteiger partial charge on any atom is -0.394 e. The van der Waals surface area contributed by atoms with Crippen molar-refractivity contribution < 1.29 is 89.4 Å². The summed E-state index contributed by atoms with van der Waals surface area (Å²) >= 11 is 0. The first-order valence-electron chi connectivity index (χ1n) is 29.6. The number of unbranched alkanes of at least 4 members (excludes halogenated alkanes) is 9. The molecule has 0 bridgehead atoms. The predicted octanol–water partition coefficient (Wildman–Crippen LogP) is 5.14. The third kappa shape index (κ3) is 27.8. The zero-order valence-corrected chi connectivity index (χ0v) is 48.0. The number of carbonyl (C=O) groups excluding carboxylic acids is 1. The van der Waals surface area contributed by atoms with E-state index in [1.54, 1.807) is 6.08 Å². The van der Waals surface area contributed by atoms with Crippen LogP contribution in [0, 0.1) is 0 Å². The highest BCUT2D eigenvalue weighted by molar-refractivity contribution is 5.76. The van der Waals surface area contributed by atoms with Crippen LogP contribution in [0.15, 0.2) is 109 Å². The van der Waals surface area contributed by atoms with Gasteiger partial charge in [-0.25, -0.2) is 0 Å². The Morgan fingerprint density at radius 1 is 0.457 bits per heavy atom. The van der Waals surface area contributed by atoms with Gasteiger partial charge in [-0.15, -0.1) is 0 Å². The molecule has 3 fully saturated rings. The number of hydrogen-bond donors (Lipinski definition) is 12. The summed E-state index contributed by atoms with van der Waals surface area (Å²) in [6.45, 7) is 1.47. The Morgan fingerprint density at radius 2 is 0.864 bits per heavy atom. The van der Waals surface area contributed by atoms with Gasteiger partial charge in [-0.2, -0.15) is 0 Å². The van der Waals surface area contributed by atoms with E-state index < -0.39 is 124 Å². The quantitative estimate of drug-likeness (QED) is 0.0278. The maximum Gasteiger partial charge on any atom is 0.220 e. The Bertz CT molecular complexity index is 1900. The third-order valence-electron chi connectivity index (χ3n) is 14.1. The summed E-state index contributed by atoms with van der Waals surface area (Å²) in [6.07, 6.45) is 29.6. The van der Waals surface area contributed by atoms with Gasteiger partial charge in [0.05, 0.1) is 38.6 Å². The fourth-order valence-corrected chi connectivity index (χ4v) is 9.18. The molecule has 19 nitrogen and oxygen atoms in total. The number of ether oxygens (including phenoxy) is 6. The zero-order valence-electron chi connectivity index (χ0n) is 48.0. The van der Waals surface area contributed by atoms with Gasteiger partial charge in [-0.05, 0) is 89.9 Å². The van der Waals surface area contributed by atoms with Gasteiger partial charge in [0.25, 0.3) is 0 Å². The molecule has 0 spiro atoms. The van der Waals surface area contributed by atoms with Crippen LogP contribution < -0.4 is 5.32 Å². The molecule has 19 heteroatoms. The highest BCUT2D eigenvalue weighted by atomic mass is 16.8. The Labute approximate surface area is 481 Å². The van der Waals surface area contributed by atoms with E-state index in [0.717, 1.165) is 103 Å². The van der Waals surface area contributed by atoms with Gasteiger partial charge in [0, 0.05) is 6.42 Å². The van der Waals surface area contributed by atoms with Gasteiger partial charge in [0.15, 0.2) is 18.9 Å². The first-order valence-corrected chi connectivity index (χ1v) is 29.6. The van der Waals surface area contributed by atoms with E-state index in [0.29, 0.717) is 12.8 Å². The van der Waals surface area contributed by atoms with E-state index in [2.05, 4.69) is 116 Å². The van der Waals surface area contributed by atoms with Crippen LogP contribution >= 0.6 is 0 Å². The monoisotopic (exact) mass is 1150 g/mol. The summed E-state index contributed by atoms with van der Waals surface area (Å²) in [5.41, 5.74) is 0. The van der Waals surface area contributed by atoms with Gasteiger partial charge in [0.1, 0.15) is 73.2 Å². The highest BCUT2D eigenvalue weighted by Crippen LogP contribution is 2.33. The van der Waals surface area contributed by atoms with Crippen molar-refractivity contribution >= 4 is 5.91 Å². The Morgan fingerprint density at radius 3 is 1.38 bits per heavy atom. The second kappa shape index (κ2) is 44.0. The van der Waals surface area contributed by atoms with Gasteiger partial charge >= 0.3 is 0 Å². The number of nitrogens with one attached hydrogen (secondary N) is 1. The first-order chi connectivity index (χ1) is 39.3. The Balaban J connectivity index is 1.45. The standard InChI is InChI=1S/C62H101NO18/c1-3-5-7-9-11-13-14-15-16-17-18-19-20-21-22-23-24-25-26-27-28-29-30-32-34-36-38-40-50(68)63-45(46(67)39-37-35-33-31-12-10-8-6-4-2)44-76-60-56(74)53(71)58(48(42-65)78-60)81-62-57(75)54(72)59(49(43-66)79-62)80-61-55(73)52(70)51(69)47(41-64)77-61/h5,7,11-13,15-16,18-19,21-22,24-25,27-28,31,37,39,45-49,51-62,64-67,69-75H,3-4,6,8-10,14,17,20,23,26,29-30,32-36,38,40-44H2,1-2H3,(H,63,68)/b7-5-,13-11-,16-15-,19-18-,22-21-,25-24-,28-27-,31-12+,39-37+. The van der Waals surface area contributed by atoms with Crippen LogP contribution in [0.3, 0.4) is 0 Å². The number of rotatable bonds is 41. The first kappa shape index (κ1) is 71.7. The van der Waals surface area contributed by atoms with Crippen LogP contribution in [0.5, 0.6) is 0 Å². The zero-order chi connectivity index (χ0) is 59.0. The molecule has 462 valence electrons. The number of allylic oxidation sites excluding steroid dienone is 17. The van der Waals surface area contributed by atoms with Crippen LogP contribution in [-0.4, -0.2) is 193 Å². The fraction of sp³-hybridized carbons (Fsp3) is 0.694. The van der Waals surface area contributed by atoms with E-state index in [9.17, 15) is 61.0 Å². The fourth-order valence-electron chi connectivity index (χ4n) is 9.18. The van der Waals surface area contributed by atoms with E-state index in [4.69, 9.17) is 28.4 Å². The number of amides is 1. The van der Waals surface area contributed by atoms with Crippen molar-refractivity contribution in [3.8, 4) is 0 Å². The molecule has 1 amide bonds. The largest absolute Gasteiger partial charge is 0.394 e. The number of aliphatic hydroxyl groups excluding tert-OH is 11. The Kier molecular flexibility index (Phi) is 39.0. The minimum atomic E-state index is -1.99. The molecular weight excluding hydrogens is 1050 g/mol. The van der Waals surface area contributed by atoms with E-state index in [1.165, 1.54) is 6.42 Å². The molecular formula is C62H101NO18. The maximum absolute atomic E-state index is 13.3. The average Bonchev–Trinajstić information content (AvgIpc) is 3.47. The Hall–Kier alpha value is -3.55.